The Labute approximate surface area is 124 Å². The number of nitrogens with zero attached hydrogens (tertiary/aromatic N) is 2. The number of carbonyl (C=O) groups is 2. The van der Waals surface area contributed by atoms with E-state index < -0.39 is 10.7 Å². The second-order valence-electron chi connectivity index (χ2n) is 4.77. The lowest BCUT2D eigenvalue weighted by atomic mass is 10.1. The first-order chi connectivity index (χ1) is 9.88. The molecule has 112 valence electrons. The number of rotatable bonds is 4. The Morgan fingerprint density at radius 2 is 2.29 bits per heavy atom. The van der Waals surface area contributed by atoms with E-state index in [0.717, 1.165) is 17.8 Å². The molecule has 0 saturated carbocycles. The summed E-state index contributed by atoms with van der Waals surface area (Å²) >= 11 is 1.14. The average Bonchev–Trinajstić information content (AvgIpc) is 2.77. The number of halogens is 1. The van der Waals surface area contributed by atoms with Gasteiger partial charge >= 0.3 is 0 Å². The van der Waals surface area contributed by atoms with Gasteiger partial charge in [-0.15, -0.1) is 0 Å². The fourth-order valence-electron chi connectivity index (χ4n) is 2.19. The Kier molecular flexibility index (Phi) is 4.56. The maximum Gasteiger partial charge on any atom is 0.272 e. The summed E-state index contributed by atoms with van der Waals surface area (Å²) in [6.45, 7) is 1.77. The van der Waals surface area contributed by atoms with Crippen molar-refractivity contribution in [3.63, 3.8) is 0 Å². The van der Waals surface area contributed by atoms with Gasteiger partial charge in [0.2, 0.25) is 5.91 Å². The zero-order chi connectivity index (χ0) is 15.6. The topological polar surface area (TPSA) is 80.5 Å². The van der Waals surface area contributed by atoms with Crippen LogP contribution in [0.2, 0.25) is 0 Å². The molecule has 1 atom stereocenters. The molecule has 0 aromatic heterocycles. The fraction of sp³-hybridized carbons (Fsp3) is 0.385. The van der Waals surface area contributed by atoms with E-state index in [1.54, 1.807) is 0 Å². The Morgan fingerprint density at radius 1 is 1.57 bits per heavy atom. The Balaban J connectivity index is 2.13. The van der Waals surface area contributed by atoms with Crippen molar-refractivity contribution in [1.29, 1.82) is 0 Å². The second-order valence-corrected chi connectivity index (χ2v) is 5.97. The molecule has 0 bridgehead atoms. The van der Waals surface area contributed by atoms with Gasteiger partial charge in [0.15, 0.2) is 10.9 Å². The van der Waals surface area contributed by atoms with Gasteiger partial charge < -0.3 is 4.90 Å². The SMILES string of the molecule is CC(=O)SCC1CC(=O)N(c2ccc([N+](=O)[O-])cc2F)C1. The van der Waals surface area contributed by atoms with Crippen LogP contribution in [0.15, 0.2) is 18.2 Å². The normalized spacial score (nSPS) is 18.1. The molecular formula is C13H13FN2O4S. The predicted molar refractivity (Wildman–Crippen MR) is 76.7 cm³/mol. The van der Waals surface area contributed by atoms with E-state index in [2.05, 4.69) is 0 Å². The highest BCUT2D eigenvalue weighted by Crippen LogP contribution is 2.30. The number of nitro groups is 1. The molecule has 1 amide bonds. The molecule has 0 radical (unpaired) electrons. The number of hydrogen-bond donors (Lipinski definition) is 0. The maximum atomic E-state index is 13.9. The monoisotopic (exact) mass is 312 g/mol. The zero-order valence-corrected chi connectivity index (χ0v) is 12.1. The summed E-state index contributed by atoms with van der Waals surface area (Å²) in [6.07, 6.45) is 0.247. The molecule has 1 saturated heterocycles. The molecule has 0 N–H and O–H groups in total. The average molecular weight is 312 g/mol. The standard InChI is InChI=1S/C13H13FN2O4S/c1-8(17)21-7-9-4-13(18)15(6-9)12-3-2-10(16(19)20)5-11(12)14/h2-3,5,9H,4,6-7H2,1H3. The number of anilines is 1. The molecule has 8 heteroatoms. The van der Waals surface area contributed by atoms with Crippen LogP contribution in [0.25, 0.3) is 0 Å². The van der Waals surface area contributed by atoms with Gasteiger partial charge in [0.05, 0.1) is 16.7 Å². The summed E-state index contributed by atoms with van der Waals surface area (Å²) in [7, 11) is 0. The van der Waals surface area contributed by atoms with E-state index in [1.807, 2.05) is 0 Å². The molecular weight excluding hydrogens is 299 g/mol. The van der Waals surface area contributed by atoms with Gasteiger partial charge in [0.25, 0.3) is 5.69 Å². The minimum absolute atomic E-state index is 0.0255. The first kappa shape index (κ1) is 15.4. The summed E-state index contributed by atoms with van der Waals surface area (Å²) in [4.78, 5) is 34.0. The zero-order valence-electron chi connectivity index (χ0n) is 11.2. The maximum absolute atomic E-state index is 13.9. The van der Waals surface area contributed by atoms with Crippen molar-refractivity contribution < 1.29 is 18.9 Å². The van der Waals surface area contributed by atoms with Crippen LogP contribution in [-0.2, 0) is 9.59 Å². The third-order valence-corrected chi connectivity index (χ3v) is 4.20. The lowest BCUT2D eigenvalue weighted by molar-refractivity contribution is -0.385. The predicted octanol–water partition coefficient (Wildman–Crippen LogP) is 2.37. The van der Waals surface area contributed by atoms with Crippen LogP contribution in [0.3, 0.4) is 0 Å². The molecule has 0 aliphatic carbocycles. The minimum Gasteiger partial charge on any atom is -0.309 e. The van der Waals surface area contributed by atoms with Gasteiger partial charge in [-0.3, -0.25) is 19.7 Å². The van der Waals surface area contributed by atoms with E-state index in [9.17, 15) is 24.1 Å². The second kappa shape index (κ2) is 6.21. The highest BCUT2D eigenvalue weighted by molar-refractivity contribution is 8.13. The van der Waals surface area contributed by atoms with Crippen molar-refractivity contribution in [2.75, 3.05) is 17.2 Å². The summed E-state index contributed by atoms with van der Waals surface area (Å²) in [6, 6.07) is 3.22. The molecule has 1 heterocycles. The van der Waals surface area contributed by atoms with Crippen LogP contribution in [0.4, 0.5) is 15.8 Å². The largest absolute Gasteiger partial charge is 0.309 e. The molecule has 21 heavy (non-hydrogen) atoms. The smallest absolute Gasteiger partial charge is 0.272 e. The van der Waals surface area contributed by atoms with Gasteiger partial charge in [-0.2, -0.15) is 0 Å². The van der Waals surface area contributed by atoms with Crippen molar-refractivity contribution in [2.24, 2.45) is 5.92 Å². The first-order valence-corrected chi connectivity index (χ1v) is 7.24. The lowest BCUT2D eigenvalue weighted by Gasteiger charge is -2.17. The highest BCUT2D eigenvalue weighted by Gasteiger charge is 2.32. The van der Waals surface area contributed by atoms with Crippen molar-refractivity contribution in [3.8, 4) is 0 Å². The number of amides is 1. The number of hydrogen-bond acceptors (Lipinski definition) is 5. The molecule has 1 aromatic rings. The number of carbonyl (C=O) groups excluding carboxylic acids is 2. The number of benzene rings is 1. The summed E-state index contributed by atoms with van der Waals surface area (Å²) in [5.74, 6) is -0.554. The quantitative estimate of drug-likeness (QED) is 0.630. The summed E-state index contributed by atoms with van der Waals surface area (Å²) in [5, 5.41) is 10.5. The van der Waals surface area contributed by atoms with Crippen molar-refractivity contribution in [1.82, 2.24) is 0 Å². The van der Waals surface area contributed by atoms with Gasteiger partial charge in [-0.25, -0.2) is 4.39 Å². The molecule has 1 aromatic carbocycles. The third kappa shape index (κ3) is 3.57. The van der Waals surface area contributed by atoms with E-state index in [-0.39, 0.29) is 34.7 Å². The molecule has 1 fully saturated rings. The van der Waals surface area contributed by atoms with Crippen LogP contribution in [0.1, 0.15) is 13.3 Å². The lowest BCUT2D eigenvalue weighted by Crippen LogP contribution is -2.25. The Bertz CT molecular complexity index is 608. The molecule has 1 aliphatic rings. The van der Waals surface area contributed by atoms with E-state index in [0.29, 0.717) is 12.3 Å². The number of non-ortho nitro benzene ring substituents is 1. The van der Waals surface area contributed by atoms with Crippen molar-refractivity contribution in [2.45, 2.75) is 13.3 Å². The fourth-order valence-corrected chi connectivity index (χ4v) is 2.88. The molecule has 0 spiro atoms. The van der Waals surface area contributed by atoms with Crippen LogP contribution < -0.4 is 4.90 Å². The number of thioether (sulfide) groups is 1. The van der Waals surface area contributed by atoms with Crippen LogP contribution in [0.5, 0.6) is 0 Å². The Morgan fingerprint density at radius 3 is 2.86 bits per heavy atom. The third-order valence-electron chi connectivity index (χ3n) is 3.16. The van der Waals surface area contributed by atoms with E-state index in [1.165, 1.54) is 24.0 Å². The van der Waals surface area contributed by atoms with Crippen LogP contribution in [-0.4, -0.2) is 28.2 Å². The van der Waals surface area contributed by atoms with E-state index >= 15 is 0 Å². The van der Waals surface area contributed by atoms with Gasteiger partial charge in [0, 0.05) is 31.7 Å². The summed E-state index contributed by atoms with van der Waals surface area (Å²) in [5.41, 5.74) is -0.312. The van der Waals surface area contributed by atoms with Crippen LogP contribution in [0, 0.1) is 21.8 Å². The highest BCUT2D eigenvalue weighted by atomic mass is 32.2. The van der Waals surface area contributed by atoms with Gasteiger partial charge in [0.1, 0.15) is 0 Å². The first-order valence-electron chi connectivity index (χ1n) is 6.26. The van der Waals surface area contributed by atoms with Crippen molar-refractivity contribution >= 4 is 34.2 Å². The minimum atomic E-state index is -0.794. The van der Waals surface area contributed by atoms with Crippen molar-refractivity contribution in [3.05, 3.63) is 34.1 Å². The van der Waals surface area contributed by atoms with Crippen LogP contribution >= 0.6 is 11.8 Å². The molecule has 1 aliphatic heterocycles. The summed E-state index contributed by atoms with van der Waals surface area (Å²) < 4.78 is 13.9. The van der Waals surface area contributed by atoms with Gasteiger partial charge in [-0.1, -0.05) is 11.8 Å². The molecule has 6 nitrogen and oxygen atoms in total. The van der Waals surface area contributed by atoms with E-state index in [4.69, 9.17) is 0 Å². The van der Waals surface area contributed by atoms with Gasteiger partial charge in [-0.05, 0) is 12.0 Å². The molecule has 1 unspecified atom stereocenters. The Hall–Kier alpha value is -1.96. The number of nitro benzene ring substituents is 1. The molecule has 2 rings (SSSR count).